The van der Waals surface area contributed by atoms with Gasteiger partial charge in [-0.25, -0.2) is 4.98 Å². The monoisotopic (exact) mass is 531 g/mol. The van der Waals surface area contributed by atoms with E-state index in [0.717, 1.165) is 29.4 Å². The molecule has 0 aliphatic rings. The first-order chi connectivity index (χ1) is 17.7. The van der Waals surface area contributed by atoms with Gasteiger partial charge >= 0.3 is 0 Å². The van der Waals surface area contributed by atoms with Crippen LogP contribution in [-0.4, -0.2) is 83.3 Å². The van der Waals surface area contributed by atoms with Gasteiger partial charge in [-0.15, -0.1) is 9.24 Å². The second kappa shape index (κ2) is 17.0. The van der Waals surface area contributed by atoms with Gasteiger partial charge < -0.3 is 30.7 Å². The van der Waals surface area contributed by atoms with E-state index in [1.165, 1.54) is 0 Å². The van der Waals surface area contributed by atoms with Gasteiger partial charge in [0.15, 0.2) is 0 Å². The van der Waals surface area contributed by atoms with Crippen molar-refractivity contribution in [1.82, 2.24) is 15.2 Å². The van der Waals surface area contributed by atoms with E-state index in [2.05, 4.69) is 67.5 Å². The molecule has 0 aliphatic carbocycles. The predicted octanol–water partition coefficient (Wildman–Crippen LogP) is 1.81. The van der Waals surface area contributed by atoms with Crippen molar-refractivity contribution in [3.63, 3.8) is 0 Å². The maximum absolute atomic E-state index is 10.6. The van der Waals surface area contributed by atoms with Gasteiger partial charge in [0.1, 0.15) is 11.9 Å². The number of likely N-dealkylation sites (N-methyl/N-ethyl adjacent to an activating group) is 1. The zero-order chi connectivity index (χ0) is 27.8. The molecule has 4 N–H and O–H groups in total. The highest BCUT2D eigenvalue weighted by Gasteiger charge is 2.25. The van der Waals surface area contributed by atoms with Gasteiger partial charge in [-0.3, -0.25) is 9.79 Å². The summed E-state index contributed by atoms with van der Waals surface area (Å²) in [7, 11) is 7.70. The lowest BCUT2D eigenvalue weighted by Gasteiger charge is -2.29. The number of anilines is 1. The second-order valence-corrected chi connectivity index (χ2v) is 9.83. The van der Waals surface area contributed by atoms with Crippen LogP contribution in [0.25, 0.3) is 0 Å². The minimum absolute atomic E-state index is 0.231. The number of amides is 1. The van der Waals surface area contributed by atoms with Crippen molar-refractivity contribution < 1.29 is 14.3 Å². The number of hydrogen-bond acceptors (Lipinski definition) is 9. The standard InChI is InChI=1S/C26H42N7O3P/c1-26(2,8-9-27)21(17-32-23-14-22(37)20(15-28)16-31-23)13-19(24(29-3)25(35-5)36-6)7-11-33(4)12-10-30-18-34/h13-14,16,18,25H,3,7-12,17,27,37H2,1-2,4-6H3,(H,30,34)(H,31,32)/b21-13+,24-19-. The number of nitrogens with two attached hydrogens (primary N) is 1. The van der Waals surface area contributed by atoms with Crippen LogP contribution in [0.1, 0.15) is 32.3 Å². The average molecular weight is 532 g/mol. The van der Waals surface area contributed by atoms with Crippen LogP contribution in [-0.2, 0) is 14.3 Å². The fourth-order valence-corrected chi connectivity index (χ4v) is 4.02. The molecule has 1 aromatic rings. The third kappa shape index (κ3) is 10.7. The molecule has 0 saturated heterocycles. The Morgan fingerprint density at radius 2 is 2.11 bits per heavy atom. The number of nitriles is 1. The second-order valence-electron chi connectivity index (χ2n) is 9.21. The first-order valence-corrected chi connectivity index (χ1v) is 12.7. The molecule has 10 nitrogen and oxygen atoms in total. The summed E-state index contributed by atoms with van der Waals surface area (Å²) in [5.74, 6) is 0.667. The predicted molar refractivity (Wildman–Crippen MR) is 153 cm³/mol. The molecular formula is C26H42N7O3P. The Bertz CT molecular complexity index is 985. The molecule has 0 aromatic carbocycles. The highest BCUT2D eigenvalue weighted by Crippen LogP contribution is 2.33. The number of nitrogens with zero attached hydrogens (tertiary/aromatic N) is 4. The Hall–Kier alpha value is -2.67. The van der Waals surface area contributed by atoms with Crippen molar-refractivity contribution in [2.75, 3.05) is 59.3 Å². The largest absolute Gasteiger partial charge is 0.366 e. The fourth-order valence-electron chi connectivity index (χ4n) is 3.72. The van der Waals surface area contributed by atoms with Crippen LogP contribution in [0.4, 0.5) is 5.82 Å². The van der Waals surface area contributed by atoms with E-state index in [4.69, 9.17) is 15.2 Å². The van der Waals surface area contributed by atoms with Crippen molar-refractivity contribution in [1.29, 1.82) is 5.26 Å². The summed E-state index contributed by atoms with van der Waals surface area (Å²) in [4.78, 5) is 21.4. The van der Waals surface area contributed by atoms with Crippen LogP contribution in [0.3, 0.4) is 0 Å². The lowest BCUT2D eigenvalue weighted by atomic mass is 9.79. The summed E-state index contributed by atoms with van der Waals surface area (Å²) >= 11 is 0. The van der Waals surface area contributed by atoms with Gasteiger partial charge in [0, 0.05) is 46.6 Å². The van der Waals surface area contributed by atoms with Crippen molar-refractivity contribution in [2.45, 2.75) is 33.0 Å². The first-order valence-electron chi connectivity index (χ1n) is 12.1. The van der Waals surface area contributed by atoms with Crippen LogP contribution in [0.2, 0.25) is 0 Å². The molecule has 0 fully saturated rings. The quantitative estimate of drug-likeness (QED) is 0.0651. The normalized spacial score (nSPS) is 12.8. The number of rotatable bonds is 18. The lowest BCUT2D eigenvalue weighted by Crippen LogP contribution is -2.30. The molecule has 1 heterocycles. The molecule has 1 unspecified atom stereocenters. The Morgan fingerprint density at radius 3 is 2.65 bits per heavy atom. The van der Waals surface area contributed by atoms with E-state index in [0.29, 0.717) is 56.1 Å². The van der Waals surface area contributed by atoms with Gasteiger partial charge in [0.2, 0.25) is 12.7 Å². The van der Waals surface area contributed by atoms with Crippen molar-refractivity contribution in [3.05, 3.63) is 40.7 Å². The van der Waals surface area contributed by atoms with Gasteiger partial charge in [-0.2, -0.15) is 5.26 Å². The average Bonchev–Trinajstić information content (AvgIpc) is 2.87. The summed E-state index contributed by atoms with van der Waals surface area (Å²) in [6, 6.07) is 3.96. The molecule has 1 rings (SSSR count). The van der Waals surface area contributed by atoms with Crippen molar-refractivity contribution in [3.8, 4) is 6.07 Å². The summed E-state index contributed by atoms with van der Waals surface area (Å²) in [5.41, 5.74) is 8.88. The number of carbonyl (C=O) groups excluding carboxylic acids is 1. The Labute approximate surface area is 223 Å². The minimum Gasteiger partial charge on any atom is -0.366 e. The maximum atomic E-state index is 10.6. The number of nitrogens with one attached hydrogen (secondary N) is 2. The van der Waals surface area contributed by atoms with Crippen LogP contribution in [0.5, 0.6) is 0 Å². The Kier molecular flexibility index (Phi) is 14.8. The molecule has 37 heavy (non-hydrogen) atoms. The van der Waals surface area contributed by atoms with Crippen LogP contribution in [0.15, 0.2) is 40.2 Å². The molecule has 1 amide bonds. The van der Waals surface area contributed by atoms with E-state index in [1.54, 1.807) is 20.4 Å². The molecular weight excluding hydrogens is 489 g/mol. The molecule has 204 valence electrons. The van der Waals surface area contributed by atoms with E-state index in [9.17, 15) is 10.1 Å². The third-order valence-electron chi connectivity index (χ3n) is 6.14. The molecule has 0 radical (unpaired) electrons. The number of aliphatic imine (C=N–C) groups is 1. The van der Waals surface area contributed by atoms with E-state index < -0.39 is 6.29 Å². The van der Waals surface area contributed by atoms with E-state index in [-0.39, 0.29) is 5.41 Å². The smallest absolute Gasteiger partial charge is 0.207 e. The van der Waals surface area contributed by atoms with Crippen molar-refractivity contribution in [2.24, 2.45) is 16.1 Å². The van der Waals surface area contributed by atoms with Crippen LogP contribution in [0, 0.1) is 16.7 Å². The molecule has 0 aliphatic heterocycles. The van der Waals surface area contributed by atoms with Gasteiger partial charge in [0.05, 0.1) is 11.3 Å². The lowest BCUT2D eigenvalue weighted by molar-refractivity contribution is -0.109. The highest BCUT2D eigenvalue weighted by atomic mass is 31.0. The molecule has 0 spiro atoms. The zero-order valence-corrected chi connectivity index (χ0v) is 23.9. The topological polar surface area (TPSA) is 138 Å². The molecule has 0 bridgehead atoms. The highest BCUT2D eigenvalue weighted by molar-refractivity contribution is 7.27. The minimum atomic E-state index is -0.669. The SMILES string of the molecule is C=N/C(=C(\C=C(/CNc1cc(P)c(C#N)cn1)C(C)(C)CCN)CCN(C)CCNC=O)C(OC)OC. The number of carbonyl (C=O) groups is 1. The number of pyridine rings is 1. The number of allylic oxidation sites excluding steroid dienone is 1. The molecule has 0 saturated carbocycles. The third-order valence-corrected chi connectivity index (χ3v) is 6.62. The van der Waals surface area contributed by atoms with Crippen LogP contribution < -0.4 is 21.7 Å². The number of ether oxygens (including phenoxy) is 2. The number of aromatic nitrogens is 1. The molecule has 1 atom stereocenters. The van der Waals surface area contributed by atoms with E-state index >= 15 is 0 Å². The van der Waals surface area contributed by atoms with Gasteiger partial charge in [-0.05, 0) is 61.1 Å². The molecule has 11 heteroatoms. The number of methoxy groups -OCH3 is 2. The summed E-state index contributed by atoms with van der Waals surface area (Å²) in [6.07, 6.45) is 5.14. The Morgan fingerprint density at radius 1 is 1.41 bits per heavy atom. The maximum Gasteiger partial charge on any atom is 0.207 e. The first kappa shape index (κ1) is 32.4. The summed E-state index contributed by atoms with van der Waals surface area (Å²) in [5, 5.41) is 16.1. The van der Waals surface area contributed by atoms with Gasteiger partial charge in [-0.1, -0.05) is 19.9 Å². The van der Waals surface area contributed by atoms with Gasteiger partial charge in [0.25, 0.3) is 0 Å². The molecule has 1 aromatic heterocycles. The van der Waals surface area contributed by atoms with Crippen LogP contribution >= 0.6 is 9.24 Å². The fraction of sp³-hybridized carbons (Fsp3) is 0.538. The zero-order valence-electron chi connectivity index (χ0n) is 22.7. The van der Waals surface area contributed by atoms with Crippen molar-refractivity contribution >= 4 is 33.5 Å². The van der Waals surface area contributed by atoms with E-state index in [1.807, 2.05) is 13.1 Å². The summed E-state index contributed by atoms with van der Waals surface area (Å²) < 4.78 is 11.0. The summed E-state index contributed by atoms with van der Waals surface area (Å²) in [6.45, 7) is 11.1. The Balaban J connectivity index is 3.43. The number of hydrogen-bond donors (Lipinski definition) is 3.